The molecule has 2 heterocycles. The maximum absolute atomic E-state index is 13.5. The largest absolute Gasteiger partial charge is 0.494 e. The fraction of sp³-hybridized carbons (Fsp3) is 0.227. The topological polar surface area (TPSA) is 89.7 Å². The standard InChI is InChI=1S/C22H23N5O3S/c1-4-30-19-12-10-18(11-13-19)26(31(28,29)20-8-6-5-7-9-20)15-21-24-22-23-16(2)14-17(3)27(22)25-21/h5-14H,4,15H2,1-3H3. The molecule has 0 aliphatic carbocycles. The van der Waals surface area contributed by atoms with Crippen molar-refractivity contribution in [2.45, 2.75) is 32.2 Å². The molecule has 0 aliphatic heterocycles. The highest BCUT2D eigenvalue weighted by molar-refractivity contribution is 7.92. The Balaban J connectivity index is 1.78. The van der Waals surface area contributed by atoms with Crippen LogP contribution in [0.15, 0.2) is 65.6 Å². The normalized spacial score (nSPS) is 11.6. The first-order valence-electron chi connectivity index (χ1n) is 9.89. The minimum absolute atomic E-state index is 0.0347. The van der Waals surface area contributed by atoms with E-state index in [1.54, 1.807) is 59.1 Å². The van der Waals surface area contributed by atoms with Gasteiger partial charge in [-0.25, -0.2) is 17.9 Å². The van der Waals surface area contributed by atoms with Crippen molar-refractivity contribution in [2.24, 2.45) is 0 Å². The van der Waals surface area contributed by atoms with Crippen molar-refractivity contribution < 1.29 is 13.2 Å². The summed E-state index contributed by atoms with van der Waals surface area (Å²) in [6.45, 7) is 6.18. The number of aryl methyl sites for hydroxylation is 2. The smallest absolute Gasteiger partial charge is 0.264 e. The maximum Gasteiger partial charge on any atom is 0.264 e. The summed E-state index contributed by atoms with van der Waals surface area (Å²) in [6, 6.07) is 17.1. The molecule has 0 N–H and O–H groups in total. The minimum Gasteiger partial charge on any atom is -0.494 e. The van der Waals surface area contributed by atoms with E-state index in [4.69, 9.17) is 4.74 Å². The van der Waals surface area contributed by atoms with Gasteiger partial charge >= 0.3 is 0 Å². The highest BCUT2D eigenvalue weighted by atomic mass is 32.2. The summed E-state index contributed by atoms with van der Waals surface area (Å²) in [7, 11) is -3.85. The van der Waals surface area contributed by atoms with Gasteiger partial charge in [-0.2, -0.15) is 4.98 Å². The number of ether oxygens (including phenoxy) is 1. The third kappa shape index (κ3) is 4.22. The van der Waals surface area contributed by atoms with E-state index < -0.39 is 10.0 Å². The van der Waals surface area contributed by atoms with E-state index in [1.807, 2.05) is 26.8 Å². The van der Waals surface area contributed by atoms with Gasteiger partial charge in [0, 0.05) is 11.4 Å². The molecule has 4 aromatic rings. The number of anilines is 1. The number of aromatic nitrogens is 4. The van der Waals surface area contributed by atoms with E-state index in [1.165, 1.54) is 4.31 Å². The van der Waals surface area contributed by atoms with Crippen LogP contribution < -0.4 is 9.04 Å². The van der Waals surface area contributed by atoms with Crippen molar-refractivity contribution in [1.29, 1.82) is 0 Å². The summed E-state index contributed by atoms with van der Waals surface area (Å²) < 4.78 is 35.4. The summed E-state index contributed by atoms with van der Waals surface area (Å²) in [5, 5.41) is 4.49. The average molecular weight is 438 g/mol. The quantitative estimate of drug-likeness (QED) is 0.439. The van der Waals surface area contributed by atoms with E-state index in [-0.39, 0.29) is 11.4 Å². The second-order valence-electron chi connectivity index (χ2n) is 7.03. The van der Waals surface area contributed by atoms with Gasteiger partial charge in [-0.1, -0.05) is 18.2 Å². The molecular formula is C22H23N5O3S. The molecule has 2 aromatic heterocycles. The van der Waals surface area contributed by atoms with Gasteiger partial charge in [0.2, 0.25) is 0 Å². The fourth-order valence-electron chi connectivity index (χ4n) is 3.31. The van der Waals surface area contributed by atoms with Gasteiger partial charge in [-0.3, -0.25) is 4.31 Å². The maximum atomic E-state index is 13.5. The predicted molar refractivity (Wildman–Crippen MR) is 118 cm³/mol. The van der Waals surface area contributed by atoms with Gasteiger partial charge in [0.25, 0.3) is 15.8 Å². The molecule has 0 atom stereocenters. The Labute approximate surface area is 181 Å². The Morgan fingerprint density at radius 1 is 1.00 bits per heavy atom. The van der Waals surface area contributed by atoms with Crippen LogP contribution in [0.1, 0.15) is 24.1 Å². The Bertz CT molecular complexity index is 1300. The lowest BCUT2D eigenvalue weighted by molar-refractivity contribution is 0.340. The van der Waals surface area contributed by atoms with Crippen molar-refractivity contribution in [3.8, 4) is 5.75 Å². The molecule has 0 radical (unpaired) electrons. The predicted octanol–water partition coefficient (Wildman–Crippen LogP) is 3.54. The van der Waals surface area contributed by atoms with E-state index in [0.717, 1.165) is 11.4 Å². The van der Waals surface area contributed by atoms with Crippen molar-refractivity contribution in [3.05, 3.63) is 77.9 Å². The molecule has 0 fully saturated rings. The van der Waals surface area contributed by atoms with Crippen molar-refractivity contribution in [1.82, 2.24) is 19.6 Å². The molecule has 9 heteroatoms. The Hall–Kier alpha value is -3.46. The lowest BCUT2D eigenvalue weighted by Gasteiger charge is -2.23. The van der Waals surface area contributed by atoms with Crippen LogP contribution in [0.2, 0.25) is 0 Å². The summed E-state index contributed by atoms with van der Waals surface area (Å²) in [5.41, 5.74) is 2.19. The van der Waals surface area contributed by atoms with Crippen molar-refractivity contribution >= 4 is 21.5 Å². The minimum atomic E-state index is -3.85. The third-order valence-electron chi connectivity index (χ3n) is 4.71. The number of hydrogen-bond acceptors (Lipinski definition) is 6. The first-order valence-corrected chi connectivity index (χ1v) is 11.3. The molecule has 0 unspecified atom stereocenters. The van der Waals surface area contributed by atoms with Crippen LogP contribution >= 0.6 is 0 Å². The van der Waals surface area contributed by atoms with Crippen molar-refractivity contribution in [2.75, 3.05) is 10.9 Å². The second-order valence-corrected chi connectivity index (χ2v) is 8.89. The Morgan fingerprint density at radius 2 is 1.71 bits per heavy atom. The number of benzene rings is 2. The van der Waals surface area contributed by atoms with Crippen LogP contribution in [-0.4, -0.2) is 34.6 Å². The molecule has 4 rings (SSSR count). The Morgan fingerprint density at radius 3 is 2.39 bits per heavy atom. The summed E-state index contributed by atoms with van der Waals surface area (Å²) in [6.07, 6.45) is 0. The number of fused-ring (bicyclic) bond motifs is 1. The summed E-state index contributed by atoms with van der Waals surface area (Å²) >= 11 is 0. The molecule has 0 bridgehead atoms. The van der Waals surface area contributed by atoms with Crippen molar-refractivity contribution in [3.63, 3.8) is 0 Å². The SMILES string of the molecule is CCOc1ccc(N(Cc2nc3nc(C)cc(C)n3n2)S(=O)(=O)c2ccccc2)cc1. The first-order chi connectivity index (χ1) is 14.9. The van der Waals surface area contributed by atoms with E-state index >= 15 is 0 Å². The van der Waals surface area contributed by atoms with Crippen LogP contribution in [0, 0.1) is 13.8 Å². The molecule has 31 heavy (non-hydrogen) atoms. The van der Waals surface area contributed by atoms with Crippen LogP contribution in [0.3, 0.4) is 0 Å². The molecule has 160 valence electrons. The molecule has 0 spiro atoms. The molecule has 0 aliphatic rings. The molecule has 8 nitrogen and oxygen atoms in total. The molecule has 2 aromatic carbocycles. The first kappa shape index (κ1) is 20.8. The second kappa shape index (κ2) is 8.35. The number of rotatable bonds is 7. The zero-order valence-corrected chi connectivity index (χ0v) is 18.4. The van der Waals surface area contributed by atoms with Crippen LogP contribution in [0.25, 0.3) is 5.78 Å². The van der Waals surface area contributed by atoms with Gasteiger partial charge < -0.3 is 4.74 Å². The number of hydrogen-bond donors (Lipinski definition) is 0. The van der Waals surface area contributed by atoms with E-state index in [9.17, 15) is 8.42 Å². The average Bonchev–Trinajstić information content (AvgIpc) is 3.16. The van der Waals surface area contributed by atoms with Gasteiger partial charge in [0.05, 0.1) is 23.7 Å². The zero-order chi connectivity index (χ0) is 22.0. The highest BCUT2D eigenvalue weighted by Gasteiger charge is 2.27. The lowest BCUT2D eigenvalue weighted by atomic mass is 10.3. The van der Waals surface area contributed by atoms with Gasteiger partial charge in [-0.15, -0.1) is 5.10 Å². The van der Waals surface area contributed by atoms with E-state index in [0.29, 0.717) is 29.6 Å². The monoisotopic (exact) mass is 437 g/mol. The van der Waals surface area contributed by atoms with Crippen LogP contribution in [-0.2, 0) is 16.6 Å². The Kier molecular flexibility index (Phi) is 5.60. The van der Waals surface area contributed by atoms with Crippen LogP contribution in [0.4, 0.5) is 5.69 Å². The fourth-order valence-corrected chi connectivity index (χ4v) is 4.75. The van der Waals surface area contributed by atoms with Crippen LogP contribution in [0.5, 0.6) is 5.75 Å². The van der Waals surface area contributed by atoms with Gasteiger partial charge in [0.15, 0.2) is 5.82 Å². The molecule has 0 saturated heterocycles. The molecular weight excluding hydrogens is 414 g/mol. The highest BCUT2D eigenvalue weighted by Crippen LogP contribution is 2.27. The number of sulfonamides is 1. The summed E-state index contributed by atoms with van der Waals surface area (Å²) in [5.74, 6) is 1.47. The third-order valence-corrected chi connectivity index (χ3v) is 6.50. The van der Waals surface area contributed by atoms with Gasteiger partial charge in [0.1, 0.15) is 5.75 Å². The molecule has 0 amide bonds. The summed E-state index contributed by atoms with van der Waals surface area (Å²) in [4.78, 5) is 9.05. The zero-order valence-electron chi connectivity index (χ0n) is 17.6. The molecule has 0 saturated carbocycles. The lowest BCUT2D eigenvalue weighted by Crippen LogP contribution is -2.31. The van der Waals surface area contributed by atoms with E-state index in [2.05, 4.69) is 15.1 Å². The van der Waals surface area contributed by atoms with Gasteiger partial charge in [-0.05, 0) is 63.2 Å². The number of nitrogens with zero attached hydrogens (tertiary/aromatic N) is 5.